The van der Waals surface area contributed by atoms with E-state index in [4.69, 9.17) is 11.6 Å². The highest BCUT2D eigenvalue weighted by Crippen LogP contribution is 2.27. The van der Waals surface area contributed by atoms with Crippen LogP contribution < -0.4 is 19.8 Å². The van der Waals surface area contributed by atoms with Gasteiger partial charge in [0.25, 0.3) is 0 Å². The first-order valence-electron chi connectivity index (χ1n) is 12.9. The Bertz CT molecular complexity index is 1360. The van der Waals surface area contributed by atoms with E-state index in [2.05, 4.69) is 44.1 Å². The standard InChI is InChI=1S/C29H36ClN5O3S/c1-33(2)25-14-10-23(11-15-25)21-31-27(20-22-8-12-24(30)13-9-22)29(36)35-18-16-34(17-19-35)28-7-5-4-6-26(28)32-39(3,37)38/h4-15,27,31-32H,16-21H2,1-3H3/t27-/m1/s1. The number of halogens is 1. The van der Waals surface area contributed by atoms with Crippen molar-refractivity contribution in [1.29, 1.82) is 0 Å². The Morgan fingerprint density at radius 3 is 2.15 bits per heavy atom. The minimum atomic E-state index is -3.40. The molecule has 2 N–H and O–H groups in total. The predicted octanol–water partition coefficient (Wildman–Crippen LogP) is 3.83. The third kappa shape index (κ3) is 8.11. The van der Waals surface area contributed by atoms with Gasteiger partial charge in [0.1, 0.15) is 0 Å². The Kier molecular flexibility index (Phi) is 9.37. The molecule has 208 valence electrons. The van der Waals surface area contributed by atoms with Crippen LogP contribution in [-0.2, 0) is 27.8 Å². The second-order valence-electron chi connectivity index (χ2n) is 10.0. The van der Waals surface area contributed by atoms with Crippen LogP contribution in [0.3, 0.4) is 0 Å². The van der Waals surface area contributed by atoms with Crippen LogP contribution in [0.4, 0.5) is 17.1 Å². The summed E-state index contributed by atoms with van der Waals surface area (Å²) >= 11 is 6.08. The van der Waals surface area contributed by atoms with Gasteiger partial charge in [0.2, 0.25) is 15.9 Å². The van der Waals surface area contributed by atoms with Crippen LogP contribution >= 0.6 is 11.6 Å². The molecule has 1 heterocycles. The molecular weight excluding hydrogens is 534 g/mol. The normalized spacial score (nSPS) is 14.7. The summed E-state index contributed by atoms with van der Waals surface area (Å²) in [5, 5.41) is 4.16. The molecule has 0 aromatic heterocycles. The molecule has 8 nitrogen and oxygen atoms in total. The number of para-hydroxylation sites is 2. The first kappa shape index (κ1) is 28.7. The molecule has 1 saturated heterocycles. The Morgan fingerprint density at radius 1 is 0.923 bits per heavy atom. The molecule has 1 amide bonds. The van der Waals surface area contributed by atoms with Gasteiger partial charge in [-0.2, -0.15) is 0 Å². The van der Waals surface area contributed by atoms with E-state index in [1.54, 1.807) is 12.1 Å². The van der Waals surface area contributed by atoms with Crippen LogP contribution in [0.5, 0.6) is 0 Å². The summed E-state index contributed by atoms with van der Waals surface area (Å²) in [5.74, 6) is 0.0528. The van der Waals surface area contributed by atoms with Gasteiger partial charge in [-0.15, -0.1) is 0 Å². The third-order valence-electron chi connectivity index (χ3n) is 6.79. The fourth-order valence-corrected chi connectivity index (χ4v) is 5.38. The van der Waals surface area contributed by atoms with Crippen LogP contribution in [0.1, 0.15) is 11.1 Å². The molecule has 0 bridgehead atoms. The number of nitrogens with one attached hydrogen (secondary N) is 2. The van der Waals surface area contributed by atoms with Gasteiger partial charge < -0.3 is 20.0 Å². The predicted molar refractivity (Wildman–Crippen MR) is 160 cm³/mol. The second kappa shape index (κ2) is 12.7. The van der Waals surface area contributed by atoms with Gasteiger partial charge in [-0.1, -0.05) is 48.0 Å². The number of carbonyl (C=O) groups excluding carboxylic acids is 1. The first-order valence-corrected chi connectivity index (χ1v) is 15.2. The van der Waals surface area contributed by atoms with Crippen molar-refractivity contribution >= 4 is 44.6 Å². The Hall–Kier alpha value is -3.27. The number of rotatable bonds is 10. The lowest BCUT2D eigenvalue weighted by molar-refractivity contribution is -0.133. The maximum atomic E-state index is 13.8. The number of sulfonamides is 1. The number of anilines is 3. The van der Waals surface area contributed by atoms with Gasteiger partial charge in [-0.25, -0.2) is 8.42 Å². The van der Waals surface area contributed by atoms with Crippen molar-refractivity contribution in [3.05, 3.63) is 88.9 Å². The van der Waals surface area contributed by atoms with E-state index in [-0.39, 0.29) is 5.91 Å². The maximum absolute atomic E-state index is 13.8. The smallest absolute Gasteiger partial charge is 0.240 e. The number of hydrogen-bond donors (Lipinski definition) is 2. The zero-order valence-corrected chi connectivity index (χ0v) is 24.2. The summed E-state index contributed by atoms with van der Waals surface area (Å²) in [6.45, 7) is 2.87. The summed E-state index contributed by atoms with van der Waals surface area (Å²) in [7, 11) is 0.615. The molecule has 10 heteroatoms. The summed E-state index contributed by atoms with van der Waals surface area (Å²) in [6.07, 6.45) is 1.69. The molecule has 4 rings (SSSR count). The van der Waals surface area contributed by atoms with Crippen molar-refractivity contribution in [2.45, 2.75) is 19.0 Å². The lowest BCUT2D eigenvalue weighted by Crippen LogP contribution is -2.54. The molecule has 0 aliphatic carbocycles. The fraction of sp³-hybridized carbons (Fsp3) is 0.345. The minimum absolute atomic E-state index is 0.0528. The summed E-state index contributed by atoms with van der Waals surface area (Å²) < 4.78 is 26.3. The number of nitrogens with zero attached hydrogens (tertiary/aromatic N) is 3. The van der Waals surface area contributed by atoms with Crippen LogP contribution in [0.15, 0.2) is 72.8 Å². The van der Waals surface area contributed by atoms with Crippen LogP contribution in [0, 0.1) is 0 Å². The number of hydrogen-bond acceptors (Lipinski definition) is 6. The molecule has 0 unspecified atom stereocenters. The Labute approximate surface area is 236 Å². The lowest BCUT2D eigenvalue weighted by Gasteiger charge is -2.38. The van der Waals surface area contributed by atoms with Crippen molar-refractivity contribution in [2.75, 3.05) is 61.1 Å². The molecule has 39 heavy (non-hydrogen) atoms. The maximum Gasteiger partial charge on any atom is 0.240 e. The topological polar surface area (TPSA) is 85.0 Å². The Morgan fingerprint density at radius 2 is 1.54 bits per heavy atom. The van der Waals surface area contributed by atoms with Crippen molar-refractivity contribution < 1.29 is 13.2 Å². The van der Waals surface area contributed by atoms with E-state index in [1.165, 1.54) is 0 Å². The van der Waals surface area contributed by atoms with Gasteiger partial charge >= 0.3 is 0 Å². The zero-order valence-electron chi connectivity index (χ0n) is 22.6. The number of carbonyl (C=O) groups is 1. The molecule has 0 spiro atoms. The SMILES string of the molecule is CN(C)c1ccc(CN[C@H](Cc2ccc(Cl)cc2)C(=O)N2CCN(c3ccccc3NS(C)(=O)=O)CC2)cc1. The van der Waals surface area contributed by atoms with Crippen molar-refractivity contribution in [2.24, 2.45) is 0 Å². The van der Waals surface area contributed by atoms with E-state index in [9.17, 15) is 13.2 Å². The van der Waals surface area contributed by atoms with Gasteiger partial charge in [-0.3, -0.25) is 9.52 Å². The first-order chi connectivity index (χ1) is 18.6. The van der Waals surface area contributed by atoms with Gasteiger partial charge in [0, 0.05) is 57.5 Å². The fourth-order valence-electron chi connectivity index (χ4n) is 4.68. The molecule has 3 aromatic rings. The summed E-state index contributed by atoms with van der Waals surface area (Å²) in [6, 6.07) is 22.9. The number of amides is 1. The van der Waals surface area contributed by atoms with Crippen molar-refractivity contribution in [1.82, 2.24) is 10.2 Å². The molecule has 0 saturated carbocycles. The molecule has 1 atom stereocenters. The molecule has 0 radical (unpaired) electrons. The van der Waals surface area contributed by atoms with E-state index in [0.29, 0.717) is 49.9 Å². The average molecular weight is 570 g/mol. The second-order valence-corrected chi connectivity index (χ2v) is 12.2. The number of benzene rings is 3. The van der Waals surface area contributed by atoms with Gasteiger partial charge in [0.05, 0.1) is 23.7 Å². The van der Waals surface area contributed by atoms with E-state index < -0.39 is 16.1 Å². The van der Waals surface area contributed by atoms with E-state index in [0.717, 1.165) is 28.8 Å². The highest BCUT2D eigenvalue weighted by Gasteiger charge is 2.28. The van der Waals surface area contributed by atoms with Crippen molar-refractivity contribution in [3.8, 4) is 0 Å². The van der Waals surface area contributed by atoms with E-state index >= 15 is 0 Å². The minimum Gasteiger partial charge on any atom is -0.378 e. The zero-order chi connectivity index (χ0) is 28.0. The Balaban J connectivity index is 1.44. The largest absolute Gasteiger partial charge is 0.378 e. The van der Waals surface area contributed by atoms with E-state index in [1.807, 2.05) is 55.4 Å². The summed E-state index contributed by atoms with van der Waals surface area (Å²) in [4.78, 5) is 19.8. The highest BCUT2D eigenvalue weighted by molar-refractivity contribution is 7.92. The van der Waals surface area contributed by atoms with Crippen LogP contribution in [-0.4, -0.2) is 71.8 Å². The molecule has 3 aromatic carbocycles. The summed E-state index contributed by atoms with van der Waals surface area (Å²) in [5.41, 5.74) is 4.62. The number of piperazine rings is 1. The lowest BCUT2D eigenvalue weighted by atomic mass is 10.0. The monoisotopic (exact) mass is 569 g/mol. The van der Waals surface area contributed by atoms with Crippen LogP contribution in [0.2, 0.25) is 5.02 Å². The van der Waals surface area contributed by atoms with Crippen molar-refractivity contribution in [3.63, 3.8) is 0 Å². The quantitative estimate of drug-likeness (QED) is 0.386. The van der Waals surface area contributed by atoms with Gasteiger partial charge in [-0.05, 0) is 53.9 Å². The highest BCUT2D eigenvalue weighted by atomic mass is 35.5. The third-order valence-corrected chi connectivity index (χ3v) is 7.63. The molecule has 1 fully saturated rings. The van der Waals surface area contributed by atoms with Gasteiger partial charge in [0.15, 0.2) is 0 Å². The average Bonchev–Trinajstić information content (AvgIpc) is 2.91. The van der Waals surface area contributed by atoms with Crippen LogP contribution in [0.25, 0.3) is 0 Å². The molecular formula is C29H36ClN5O3S. The molecule has 1 aliphatic rings. The molecule has 1 aliphatic heterocycles.